The van der Waals surface area contributed by atoms with Crippen molar-refractivity contribution in [3.8, 4) is 11.3 Å². The summed E-state index contributed by atoms with van der Waals surface area (Å²) in [5.41, 5.74) is 1.69. The molecule has 3 aromatic rings. The van der Waals surface area contributed by atoms with Crippen LogP contribution >= 0.6 is 23.2 Å². The topological polar surface area (TPSA) is 58.4 Å². The van der Waals surface area contributed by atoms with Crippen LogP contribution < -0.4 is 5.63 Å². The van der Waals surface area contributed by atoms with Crippen LogP contribution in [0.4, 0.5) is 5.69 Å². The third-order valence-electron chi connectivity index (χ3n) is 3.04. The first-order chi connectivity index (χ1) is 10.6. The maximum atomic E-state index is 11.8. The van der Waals surface area contributed by atoms with E-state index in [2.05, 4.69) is 10.1 Å². The fourth-order valence-electron chi connectivity index (χ4n) is 1.96. The van der Waals surface area contributed by atoms with Crippen molar-refractivity contribution in [3.05, 3.63) is 74.6 Å². The lowest BCUT2D eigenvalue weighted by Crippen LogP contribution is -2.01. The average Bonchev–Trinajstić information content (AvgIpc) is 2.90. The molecule has 0 saturated carbocycles. The first kappa shape index (κ1) is 14.6. The van der Waals surface area contributed by atoms with Gasteiger partial charge in [0.15, 0.2) is 0 Å². The minimum Gasteiger partial charge on any atom is -0.338 e. The van der Waals surface area contributed by atoms with E-state index >= 15 is 0 Å². The summed E-state index contributed by atoms with van der Waals surface area (Å²) < 4.78 is 4.86. The van der Waals surface area contributed by atoms with Crippen molar-refractivity contribution in [3.63, 3.8) is 0 Å². The molecule has 110 valence electrons. The van der Waals surface area contributed by atoms with Gasteiger partial charge in [0.1, 0.15) is 5.56 Å². The van der Waals surface area contributed by atoms with Crippen molar-refractivity contribution < 1.29 is 4.52 Å². The van der Waals surface area contributed by atoms with Gasteiger partial charge in [-0.05, 0) is 18.2 Å². The standard InChI is InChI=1S/C16H10Cl2N2O2/c17-11-6-7-13(18)14(8-11)19-9-12-15(20-22-16(12)21)10-4-2-1-3-5-10/h1-9,20H. The maximum absolute atomic E-state index is 11.8. The van der Waals surface area contributed by atoms with E-state index in [-0.39, 0.29) is 0 Å². The summed E-state index contributed by atoms with van der Waals surface area (Å²) in [4.78, 5) is 16.1. The summed E-state index contributed by atoms with van der Waals surface area (Å²) >= 11 is 12.0. The second-order valence-corrected chi connectivity index (χ2v) is 5.34. The Hall–Kier alpha value is -2.30. The maximum Gasteiger partial charge on any atom is 0.366 e. The highest BCUT2D eigenvalue weighted by atomic mass is 35.5. The molecule has 3 rings (SSSR count). The molecule has 1 N–H and O–H groups in total. The molecule has 2 aromatic carbocycles. The van der Waals surface area contributed by atoms with Gasteiger partial charge in [-0.25, -0.2) is 9.95 Å². The van der Waals surface area contributed by atoms with E-state index in [0.29, 0.717) is 27.0 Å². The average molecular weight is 333 g/mol. The Morgan fingerprint density at radius 2 is 1.86 bits per heavy atom. The number of nitrogens with zero attached hydrogens (tertiary/aromatic N) is 1. The largest absolute Gasteiger partial charge is 0.366 e. The van der Waals surface area contributed by atoms with Crippen LogP contribution in [0.3, 0.4) is 0 Å². The number of nitrogens with one attached hydrogen (secondary N) is 1. The van der Waals surface area contributed by atoms with Crippen LogP contribution in [-0.2, 0) is 0 Å². The van der Waals surface area contributed by atoms with Crippen molar-refractivity contribution >= 4 is 35.1 Å². The summed E-state index contributed by atoms with van der Waals surface area (Å²) in [5, 5.41) is 3.58. The molecule has 0 atom stereocenters. The molecule has 22 heavy (non-hydrogen) atoms. The number of hydrogen-bond acceptors (Lipinski definition) is 3. The Morgan fingerprint density at radius 1 is 1.09 bits per heavy atom. The van der Waals surface area contributed by atoms with Crippen LogP contribution in [0.5, 0.6) is 0 Å². The summed E-state index contributed by atoms with van der Waals surface area (Å²) in [6.07, 6.45) is 1.42. The molecule has 0 unspecified atom stereocenters. The Bertz CT molecular complexity index is 883. The zero-order valence-electron chi connectivity index (χ0n) is 11.2. The third kappa shape index (κ3) is 2.98. The van der Waals surface area contributed by atoms with Crippen LogP contribution in [0.2, 0.25) is 10.0 Å². The molecule has 1 heterocycles. The van der Waals surface area contributed by atoms with Gasteiger partial charge >= 0.3 is 5.63 Å². The first-order valence-electron chi connectivity index (χ1n) is 6.41. The van der Waals surface area contributed by atoms with Gasteiger partial charge < -0.3 is 4.52 Å². The second-order valence-electron chi connectivity index (χ2n) is 4.50. The summed E-state index contributed by atoms with van der Waals surface area (Å²) in [7, 11) is 0. The lowest BCUT2D eigenvalue weighted by molar-refractivity contribution is 0.393. The number of H-pyrrole nitrogens is 1. The number of aliphatic imine (C=N–C) groups is 1. The molecule has 6 heteroatoms. The number of rotatable bonds is 3. The Morgan fingerprint density at radius 3 is 2.64 bits per heavy atom. The molecule has 0 radical (unpaired) electrons. The van der Waals surface area contributed by atoms with Crippen molar-refractivity contribution in [1.29, 1.82) is 0 Å². The van der Waals surface area contributed by atoms with Crippen molar-refractivity contribution in [1.82, 2.24) is 5.16 Å². The molecule has 0 bridgehead atoms. The molecule has 0 spiro atoms. The van der Waals surface area contributed by atoms with E-state index in [9.17, 15) is 4.79 Å². The highest BCUT2D eigenvalue weighted by molar-refractivity contribution is 6.35. The molecule has 0 aliphatic rings. The summed E-state index contributed by atoms with van der Waals surface area (Å²) in [6, 6.07) is 14.3. The first-order valence-corrected chi connectivity index (χ1v) is 7.17. The van der Waals surface area contributed by atoms with Crippen LogP contribution in [0.1, 0.15) is 5.56 Å². The van der Waals surface area contributed by atoms with E-state index in [4.69, 9.17) is 27.7 Å². The molecular formula is C16H10Cl2N2O2. The van der Waals surface area contributed by atoms with E-state index < -0.39 is 5.63 Å². The molecule has 1 aromatic heterocycles. The normalized spacial score (nSPS) is 11.2. The van der Waals surface area contributed by atoms with Gasteiger partial charge in [-0.2, -0.15) is 0 Å². The van der Waals surface area contributed by atoms with Crippen LogP contribution in [0.25, 0.3) is 11.3 Å². The zero-order valence-corrected chi connectivity index (χ0v) is 12.7. The minimum absolute atomic E-state index is 0.322. The predicted octanol–water partition coefficient (Wildman–Crippen LogP) is 4.69. The predicted molar refractivity (Wildman–Crippen MR) is 88.5 cm³/mol. The van der Waals surface area contributed by atoms with Gasteiger partial charge in [-0.1, -0.05) is 53.5 Å². The van der Waals surface area contributed by atoms with Crippen LogP contribution in [-0.4, -0.2) is 11.4 Å². The molecule has 0 amide bonds. The molecule has 0 saturated heterocycles. The molecule has 4 nitrogen and oxygen atoms in total. The van der Waals surface area contributed by atoms with Gasteiger partial charge in [0.2, 0.25) is 0 Å². The summed E-state index contributed by atoms with van der Waals surface area (Å²) in [5.74, 6) is 0. The van der Waals surface area contributed by atoms with E-state index in [1.165, 1.54) is 6.21 Å². The number of aromatic nitrogens is 1. The van der Waals surface area contributed by atoms with Crippen molar-refractivity contribution in [2.24, 2.45) is 4.99 Å². The van der Waals surface area contributed by atoms with E-state index in [1.807, 2.05) is 30.3 Å². The zero-order chi connectivity index (χ0) is 15.5. The van der Waals surface area contributed by atoms with Gasteiger partial charge in [0.05, 0.1) is 16.4 Å². The highest BCUT2D eigenvalue weighted by Crippen LogP contribution is 2.28. The second kappa shape index (κ2) is 6.22. The lowest BCUT2D eigenvalue weighted by Gasteiger charge is -1.99. The Balaban J connectivity index is 2.03. The van der Waals surface area contributed by atoms with Gasteiger partial charge in [0.25, 0.3) is 0 Å². The van der Waals surface area contributed by atoms with Crippen molar-refractivity contribution in [2.75, 3.05) is 0 Å². The smallest absolute Gasteiger partial charge is 0.338 e. The molecule has 0 fully saturated rings. The Kier molecular flexibility index (Phi) is 4.13. The Labute approximate surface area is 136 Å². The van der Waals surface area contributed by atoms with Gasteiger partial charge in [-0.3, -0.25) is 4.99 Å². The lowest BCUT2D eigenvalue weighted by atomic mass is 10.1. The fraction of sp³-hybridized carbons (Fsp3) is 0. The number of benzene rings is 2. The SMILES string of the molecule is O=c1o[nH]c(-c2ccccc2)c1C=Nc1cc(Cl)ccc1Cl. The minimum atomic E-state index is -0.499. The highest BCUT2D eigenvalue weighted by Gasteiger charge is 2.12. The third-order valence-corrected chi connectivity index (χ3v) is 3.59. The molecule has 0 aliphatic carbocycles. The van der Waals surface area contributed by atoms with E-state index in [0.717, 1.165) is 5.56 Å². The van der Waals surface area contributed by atoms with Gasteiger partial charge in [-0.15, -0.1) is 0 Å². The van der Waals surface area contributed by atoms with Crippen LogP contribution in [0.15, 0.2) is 62.8 Å². The summed E-state index contributed by atoms with van der Waals surface area (Å²) in [6.45, 7) is 0. The number of aromatic amines is 1. The van der Waals surface area contributed by atoms with Crippen molar-refractivity contribution in [2.45, 2.75) is 0 Å². The monoisotopic (exact) mass is 332 g/mol. The number of hydrogen-bond donors (Lipinski definition) is 1. The molecular weight excluding hydrogens is 323 g/mol. The van der Waals surface area contributed by atoms with Crippen LogP contribution in [0, 0.1) is 0 Å². The molecule has 0 aliphatic heterocycles. The number of halogens is 2. The van der Waals surface area contributed by atoms with E-state index in [1.54, 1.807) is 18.2 Å². The van der Waals surface area contributed by atoms with Gasteiger partial charge in [0, 0.05) is 16.8 Å². The fourth-order valence-corrected chi connectivity index (χ4v) is 2.30. The quantitative estimate of drug-likeness (QED) is 0.707.